The van der Waals surface area contributed by atoms with Gasteiger partial charge in [-0.2, -0.15) is 0 Å². The monoisotopic (exact) mass is 257 g/mol. The second-order valence-electron chi connectivity index (χ2n) is 3.48. The molecule has 0 aromatic rings. The summed E-state index contributed by atoms with van der Waals surface area (Å²) in [5, 5.41) is 7.04. The fraction of sp³-hybridized carbons (Fsp3) is 0.556. The molecule has 8 heteroatoms. The quantitative estimate of drug-likeness (QED) is 0.429. The zero-order valence-electron chi connectivity index (χ0n) is 9.72. The van der Waals surface area contributed by atoms with Crippen molar-refractivity contribution in [3.63, 3.8) is 0 Å². The Labute approximate surface area is 97.5 Å². The lowest BCUT2D eigenvalue weighted by Gasteiger charge is -2.06. The normalized spacial score (nSPS) is 19.9. The van der Waals surface area contributed by atoms with Gasteiger partial charge in [0.15, 0.2) is 6.61 Å². The molecule has 0 unspecified atom stereocenters. The van der Waals surface area contributed by atoms with E-state index in [0.29, 0.717) is 6.61 Å². The Morgan fingerprint density at radius 2 is 1.88 bits per heavy atom. The predicted octanol–water partition coefficient (Wildman–Crippen LogP) is 1.76. The third-order valence-electron chi connectivity index (χ3n) is 1.65. The fourth-order valence-electron chi connectivity index (χ4n) is 1.21. The molecule has 1 rings (SSSR count). The molecule has 0 aliphatic carbocycles. The van der Waals surface area contributed by atoms with Crippen LogP contribution in [0.1, 0.15) is 6.42 Å². The Bertz CT molecular complexity index is 283. The number of ether oxygens (including phenoxy) is 1. The highest BCUT2D eigenvalue weighted by atomic mass is 19.5. The molecule has 0 atom stereocenters. The van der Waals surface area contributed by atoms with Crippen molar-refractivity contribution < 1.29 is 27.1 Å². The number of hydrogen-bond donors (Lipinski definition) is 0. The van der Waals surface area contributed by atoms with Gasteiger partial charge in [0.2, 0.25) is 0 Å². The van der Waals surface area contributed by atoms with Crippen LogP contribution in [-0.4, -0.2) is 44.6 Å². The highest BCUT2D eigenvalue weighted by Gasteiger charge is 2.20. The number of halogens is 4. The van der Waals surface area contributed by atoms with Crippen molar-refractivity contribution in [1.82, 2.24) is 4.90 Å². The number of hydrogen-bond acceptors (Lipinski definition) is 2. The van der Waals surface area contributed by atoms with Crippen molar-refractivity contribution >= 4 is 7.25 Å². The van der Waals surface area contributed by atoms with Gasteiger partial charge in [0.25, 0.3) is 0 Å². The highest BCUT2D eigenvalue weighted by molar-refractivity contribution is 6.50. The molecule has 1 aliphatic rings. The third-order valence-corrected chi connectivity index (χ3v) is 1.65. The third kappa shape index (κ3) is 9.74. The molecule has 3 nitrogen and oxygen atoms in total. The standard InChI is InChI=1S/C9H15NO2.BF4/c1-10(2)7-8-4-6-12-9(8)3-5-11;2-1(3,4)5/h3,7,11H,4-6H2,1-2H3;/q;-1/p+1. The van der Waals surface area contributed by atoms with E-state index in [-0.39, 0.29) is 0 Å². The maximum absolute atomic E-state index is 9.75. The maximum Gasteiger partial charge on any atom is 0.673 e. The molecule has 0 spiro atoms. The van der Waals surface area contributed by atoms with Crippen LogP contribution in [0, 0.1) is 0 Å². The Balaban J connectivity index is 0.000000437. The topological polar surface area (TPSA) is 35.4 Å². The summed E-state index contributed by atoms with van der Waals surface area (Å²) in [4.78, 5) is 2.00. The van der Waals surface area contributed by atoms with Gasteiger partial charge in [0, 0.05) is 38.4 Å². The molecule has 1 aliphatic heterocycles. The summed E-state index contributed by atoms with van der Waals surface area (Å²) in [7, 11) is -2.02. The van der Waals surface area contributed by atoms with E-state index in [1.54, 1.807) is 0 Å². The summed E-state index contributed by atoms with van der Waals surface area (Å²) in [5.74, 6) is 0.888. The second kappa shape index (κ2) is 7.21. The number of nitrogens with zero attached hydrogens (tertiary/aromatic N) is 1. The van der Waals surface area contributed by atoms with Crippen LogP contribution >= 0.6 is 0 Å². The van der Waals surface area contributed by atoms with Gasteiger partial charge in [-0.15, -0.1) is 0 Å². The molecule has 0 bridgehead atoms. The fourth-order valence-corrected chi connectivity index (χ4v) is 1.21. The van der Waals surface area contributed by atoms with Crippen LogP contribution in [-0.2, 0) is 4.74 Å². The molecule has 0 saturated carbocycles. The van der Waals surface area contributed by atoms with Gasteiger partial charge in [-0.05, 0) is 0 Å². The first-order valence-electron chi connectivity index (χ1n) is 4.96. The molecule has 0 amide bonds. The Hall–Kier alpha value is -1.18. The van der Waals surface area contributed by atoms with E-state index in [1.807, 2.05) is 25.1 Å². The van der Waals surface area contributed by atoms with Crippen LogP contribution in [0.3, 0.4) is 0 Å². The average molecular weight is 257 g/mol. The predicted molar refractivity (Wildman–Crippen MR) is 59.1 cm³/mol. The summed E-state index contributed by atoms with van der Waals surface area (Å²) >= 11 is 0. The van der Waals surface area contributed by atoms with Gasteiger partial charge < -0.3 is 32.0 Å². The van der Waals surface area contributed by atoms with Crippen molar-refractivity contribution in [3.8, 4) is 0 Å². The lowest BCUT2D eigenvalue weighted by molar-refractivity contribution is 0.257. The van der Waals surface area contributed by atoms with E-state index in [2.05, 4.69) is 6.20 Å². The molecule has 1 saturated heterocycles. The van der Waals surface area contributed by atoms with E-state index < -0.39 is 7.25 Å². The molecule has 2 N–H and O–H groups in total. The van der Waals surface area contributed by atoms with Gasteiger partial charge in [0.1, 0.15) is 5.76 Å². The molecule has 0 aromatic carbocycles. The zero-order valence-corrected chi connectivity index (χ0v) is 9.72. The Morgan fingerprint density at radius 1 is 1.35 bits per heavy atom. The van der Waals surface area contributed by atoms with Crippen molar-refractivity contribution in [2.24, 2.45) is 0 Å². The van der Waals surface area contributed by atoms with Crippen LogP contribution in [0.5, 0.6) is 0 Å². The van der Waals surface area contributed by atoms with E-state index in [1.165, 1.54) is 5.57 Å². The molecule has 0 aromatic heterocycles. The SMILES string of the molecule is CN(C)C=C1CCOC1=CC[OH2+].F[B-](F)(F)F. The molecule has 17 heavy (non-hydrogen) atoms. The number of allylic oxidation sites excluding steroid dienone is 1. The summed E-state index contributed by atoms with van der Waals surface area (Å²) in [6.07, 6.45) is 4.82. The van der Waals surface area contributed by atoms with Crippen molar-refractivity contribution in [3.05, 3.63) is 23.6 Å². The largest absolute Gasteiger partial charge is 0.673 e. The zero-order chi connectivity index (χ0) is 13.5. The molecule has 0 radical (unpaired) electrons. The molecule has 1 heterocycles. The lowest BCUT2D eigenvalue weighted by atomic mass is 10.2. The van der Waals surface area contributed by atoms with Gasteiger partial charge in [-0.3, -0.25) is 0 Å². The van der Waals surface area contributed by atoms with Crippen LogP contribution in [0.15, 0.2) is 23.6 Å². The van der Waals surface area contributed by atoms with Crippen LogP contribution in [0.25, 0.3) is 0 Å². The van der Waals surface area contributed by atoms with Crippen molar-refractivity contribution in [1.29, 1.82) is 0 Å². The van der Waals surface area contributed by atoms with Crippen LogP contribution in [0.4, 0.5) is 17.3 Å². The van der Waals surface area contributed by atoms with E-state index in [4.69, 9.17) is 9.84 Å². The lowest BCUT2D eigenvalue weighted by Crippen LogP contribution is -2.02. The van der Waals surface area contributed by atoms with Crippen LogP contribution < -0.4 is 0 Å². The van der Waals surface area contributed by atoms with E-state index >= 15 is 0 Å². The number of rotatable bonds is 2. The molecular weight excluding hydrogens is 241 g/mol. The van der Waals surface area contributed by atoms with E-state index in [0.717, 1.165) is 18.8 Å². The van der Waals surface area contributed by atoms with Gasteiger partial charge in [-0.1, -0.05) is 0 Å². The summed E-state index contributed by atoms with van der Waals surface area (Å²) in [5.41, 5.74) is 1.20. The van der Waals surface area contributed by atoms with Gasteiger partial charge in [-0.25, -0.2) is 0 Å². The summed E-state index contributed by atoms with van der Waals surface area (Å²) < 4.78 is 44.4. The highest BCUT2D eigenvalue weighted by Crippen LogP contribution is 2.23. The first kappa shape index (κ1) is 15.8. The Morgan fingerprint density at radius 3 is 2.29 bits per heavy atom. The minimum absolute atomic E-state index is 0.292. The van der Waals surface area contributed by atoms with Crippen molar-refractivity contribution in [2.75, 3.05) is 27.3 Å². The molecule has 1 fully saturated rings. The summed E-state index contributed by atoms with van der Waals surface area (Å²) in [6.45, 7) is 1.05. The average Bonchev–Trinajstić information content (AvgIpc) is 2.49. The van der Waals surface area contributed by atoms with Gasteiger partial charge in [0.05, 0.1) is 6.61 Å². The summed E-state index contributed by atoms with van der Waals surface area (Å²) in [6, 6.07) is 0. The van der Waals surface area contributed by atoms with Crippen LogP contribution in [0.2, 0.25) is 0 Å². The smallest absolute Gasteiger partial charge is 0.493 e. The Kier molecular flexibility index (Phi) is 6.71. The van der Waals surface area contributed by atoms with Gasteiger partial charge >= 0.3 is 7.25 Å². The van der Waals surface area contributed by atoms with Crippen molar-refractivity contribution in [2.45, 2.75) is 6.42 Å². The molecular formula is C9H16BF4NO2. The van der Waals surface area contributed by atoms with E-state index in [9.17, 15) is 17.3 Å². The second-order valence-corrected chi connectivity index (χ2v) is 3.48. The molecule has 100 valence electrons. The maximum atomic E-state index is 9.75. The minimum atomic E-state index is -6.00. The first-order valence-corrected chi connectivity index (χ1v) is 4.96. The first-order chi connectivity index (χ1) is 7.74. The minimum Gasteiger partial charge on any atom is -0.493 e.